The van der Waals surface area contributed by atoms with Gasteiger partial charge >= 0.3 is 0 Å². The van der Waals surface area contributed by atoms with E-state index in [2.05, 4.69) is 313 Å². The number of rotatable bonds is 10. The molecule has 0 N–H and O–H groups in total. The van der Waals surface area contributed by atoms with Crippen molar-refractivity contribution in [2.75, 3.05) is 4.90 Å². The van der Waals surface area contributed by atoms with Crippen LogP contribution >= 0.6 is 0 Å². The first-order valence-electron chi connectivity index (χ1n) is 25.9. The summed E-state index contributed by atoms with van der Waals surface area (Å²) in [4.78, 5) is 2.45. The highest BCUT2D eigenvalue weighted by atomic mass is 15.1. The molecule has 0 atom stereocenters. The molecule has 0 saturated carbocycles. The molecule has 1 aliphatic rings. The Morgan fingerprint density at radius 2 is 0.773 bits per heavy atom. The zero-order valence-corrected chi connectivity index (χ0v) is 41.3. The van der Waals surface area contributed by atoms with Crippen molar-refractivity contribution < 1.29 is 0 Å². The van der Waals surface area contributed by atoms with E-state index in [9.17, 15) is 0 Å². The molecule has 1 heterocycles. The van der Waals surface area contributed by atoms with Crippen LogP contribution in [0.2, 0.25) is 0 Å². The van der Waals surface area contributed by atoms with E-state index in [0.29, 0.717) is 0 Å². The first kappa shape index (κ1) is 44.0. The van der Waals surface area contributed by atoms with Crippen molar-refractivity contribution in [3.05, 3.63) is 326 Å². The maximum atomic E-state index is 2.46. The van der Waals surface area contributed by atoms with Crippen LogP contribution in [0.15, 0.2) is 303 Å². The van der Waals surface area contributed by atoms with Crippen molar-refractivity contribution in [2.45, 2.75) is 5.41 Å². The summed E-state index contributed by atoms with van der Waals surface area (Å²) in [5, 5.41) is 2.45. The molecule has 14 rings (SSSR count). The largest absolute Gasteiger partial charge is 0.310 e. The Morgan fingerprint density at radius 3 is 1.47 bits per heavy atom. The smallest absolute Gasteiger partial charge is 0.0714 e. The van der Waals surface area contributed by atoms with Crippen LogP contribution in [0, 0.1) is 0 Å². The van der Waals surface area contributed by atoms with Crippen LogP contribution < -0.4 is 4.90 Å². The minimum absolute atomic E-state index is 0.525. The Morgan fingerprint density at radius 1 is 0.267 bits per heavy atom. The molecule has 0 bridgehead atoms. The standard InChI is InChI=1S/C73H50N2/c1-6-23-51(24-7-1)56-46-57(52-25-8-2-9-26-52)48-62(47-56)75-71-40-21-18-37-66(71)67-43-41-54(49-72(67)75)53-27-22-28-55(45-53)63-35-17-20-39-70(63)74(60-33-14-5-15-34-60)61-42-44-65-64-36-16-19-38-68(64)73(69(65)50-61,58-29-10-3-11-30-58)59-31-12-4-13-32-59/h1-50H. The molecule has 1 aromatic heterocycles. The number of hydrogen-bond donors (Lipinski definition) is 0. The summed E-state index contributed by atoms with van der Waals surface area (Å²) in [5.41, 5.74) is 23.2. The number of aromatic nitrogens is 1. The van der Waals surface area contributed by atoms with Gasteiger partial charge in [0.2, 0.25) is 0 Å². The maximum Gasteiger partial charge on any atom is 0.0714 e. The van der Waals surface area contributed by atoms with Crippen LogP contribution in [0.5, 0.6) is 0 Å². The van der Waals surface area contributed by atoms with Gasteiger partial charge < -0.3 is 9.47 Å². The van der Waals surface area contributed by atoms with E-state index in [1.807, 2.05) is 0 Å². The Hall–Kier alpha value is -9.76. The van der Waals surface area contributed by atoms with E-state index in [0.717, 1.165) is 45.0 Å². The Balaban J connectivity index is 0.921. The highest BCUT2D eigenvalue weighted by Gasteiger charge is 2.46. The van der Waals surface area contributed by atoms with Gasteiger partial charge in [0.15, 0.2) is 0 Å². The maximum absolute atomic E-state index is 2.46. The lowest BCUT2D eigenvalue weighted by Crippen LogP contribution is -2.28. The van der Waals surface area contributed by atoms with Crippen molar-refractivity contribution in [3.63, 3.8) is 0 Å². The number of benzene rings is 12. The molecule has 0 fully saturated rings. The van der Waals surface area contributed by atoms with E-state index in [-0.39, 0.29) is 0 Å². The van der Waals surface area contributed by atoms with E-state index < -0.39 is 5.41 Å². The number of nitrogens with zero attached hydrogens (tertiary/aromatic N) is 2. The number of hydrogen-bond acceptors (Lipinski definition) is 1. The normalized spacial score (nSPS) is 12.4. The molecule has 352 valence electrons. The molecule has 0 amide bonds. The third-order valence-electron chi connectivity index (χ3n) is 15.4. The molecule has 0 aliphatic heterocycles. The number of para-hydroxylation sites is 3. The highest BCUT2D eigenvalue weighted by molar-refractivity contribution is 6.10. The molecule has 13 aromatic rings. The van der Waals surface area contributed by atoms with Crippen LogP contribution in [-0.2, 0) is 5.41 Å². The summed E-state index contributed by atoms with van der Waals surface area (Å²) in [6, 6.07) is 111. The minimum atomic E-state index is -0.525. The van der Waals surface area contributed by atoms with Gasteiger partial charge in [-0.25, -0.2) is 0 Å². The van der Waals surface area contributed by atoms with Gasteiger partial charge in [0.1, 0.15) is 0 Å². The molecule has 75 heavy (non-hydrogen) atoms. The minimum Gasteiger partial charge on any atom is -0.310 e. The molecule has 1 aliphatic carbocycles. The lowest BCUT2D eigenvalue weighted by atomic mass is 9.67. The van der Waals surface area contributed by atoms with Crippen molar-refractivity contribution >= 4 is 38.9 Å². The first-order valence-corrected chi connectivity index (χ1v) is 25.9. The fourth-order valence-corrected chi connectivity index (χ4v) is 12.1. The van der Waals surface area contributed by atoms with Gasteiger partial charge in [-0.05, 0) is 139 Å². The van der Waals surface area contributed by atoms with Crippen molar-refractivity contribution in [2.24, 2.45) is 0 Å². The van der Waals surface area contributed by atoms with Gasteiger partial charge in [-0.3, -0.25) is 0 Å². The van der Waals surface area contributed by atoms with E-state index in [1.54, 1.807) is 0 Å². The summed E-state index contributed by atoms with van der Waals surface area (Å²) >= 11 is 0. The SMILES string of the molecule is c1ccc(-c2cc(-c3ccccc3)cc(-n3c4ccccc4c4ccc(-c5cccc(-c6ccccc6N(c6ccccc6)c6ccc7c(c6)C(c6ccccc6)(c6ccccc6)c6ccccc6-7)c5)cc43)c2)cc1. The van der Waals surface area contributed by atoms with Gasteiger partial charge in [-0.1, -0.05) is 237 Å². The summed E-state index contributed by atoms with van der Waals surface area (Å²) in [6.07, 6.45) is 0. The van der Waals surface area contributed by atoms with Crippen molar-refractivity contribution in [1.82, 2.24) is 4.57 Å². The second kappa shape index (κ2) is 18.4. The Bertz CT molecular complexity index is 4120. The van der Waals surface area contributed by atoms with Gasteiger partial charge in [0, 0.05) is 33.4 Å². The number of fused-ring (bicyclic) bond motifs is 6. The third kappa shape index (κ3) is 7.41. The van der Waals surface area contributed by atoms with Crippen LogP contribution in [-0.4, -0.2) is 4.57 Å². The van der Waals surface area contributed by atoms with Crippen LogP contribution in [0.1, 0.15) is 22.3 Å². The topological polar surface area (TPSA) is 8.17 Å². The molecule has 0 saturated heterocycles. The predicted molar refractivity (Wildman–Crippen MR) is 315 cm³/mol. The third-order valence-corrected chi connectivity index (χ3v) is 15.4. The van der Waals surface area contributed by atoms with Crippen LogP contribution in [0.4, 0.5) is 17.1 Å². The van der Waals surface area contributed by atoms with Gasteiger partial charge in [0.05, 0.1) is 22.1 Å². The van der Waals surface area contributed by atoms with E-state index in [4.69, 9.17) is 0 Å². The lowest BCUT2D eigenvalue weighted by molar-refractivity contribution is 0.768. The first-order chi connectivity index (χ1) is 37.2. The van der Waals surface area contributed by atoms with E-state index >= 15 is 0 Å². The second-order valence-corrected chi connectivity index (χ2v) is 19.6. The monoisotopic (exact) mass is 954 g/mol. The second-order valence-electron chi connectivity index (χ2n) is 19.6. The molecular weight excluding hydrogens is 905 g/mol. The molecular formula is C73H50N2. The summed E-state index contributed by atoms with van der Waals surface area (Å²) < 4.78 is 2.46. The average Bonchev–Trinajstić information content (AvgIpc) is 4.01. The van der Waals surface area contributed by atoms with Crippen LogP contribution in [0.25, 0.3) is 83.1 Å². The zero-order valence-electron chi connectivity index (χ0n) is 41.3. The highest BCUT2D eigenvalue weighted by Crippen LogP contribution is 2.57. The fraction of sp³-hybridized carbons (Fsp3) is 0.0137. The van der Waals surface area contributed by atoms with Gasteiger partial charge in [-0.15, -0.1) is 0 Å². The van der Waals surface area contributed by atoms with Crippen LogP contribution in [0.3, 0.4) is 0 Å². The Kier molecular flexibility index (Phi) is 10.8. The Labute approximate surface area is 438 Å². The molecule has 0 unspecified atom stereocenters. The van der Waals surface area contributed by atoms with Crippen molar-refractivity contribution in [1.29, 1.82) is 0 Å². The predicted octanol–water partition coefficient (Wildman–Crippen LogP) is 19.3. The van der Waals surface area contributed by atoms with E-state index in [1.165, 1.54) is 77.4 Å². The van der Waals surface area contributed by atoms with Gasteiger partial charge in [0.25, 0.3) is 0 Å². The fourth-order valence-electron chi connectivity index (χ4n) is 12.1. The molecule has 12 aromatic carbocycles. The number of anilines is 3. The molecule has 2 nitrogen and oxygen atoms in total. The lowest BCUT2D eigenvalue weighted by Gasteiger charge is -2.35. The zero-order chi connectivity index (χ0) is 49.7. The quantitative estimate of drug-likeness (QED) is 0.133. The molecule has 0 spiro atoms. The summed E-state index contributed by atoms with van der Waals surface area (Å²) in [7, 11) is 0. The van der Waals surface area contributed by atoms with Gasteiger partial charge in [-0.2, -0.15) is 0 Å². The summed E-state index contributed by atoms with van der Waals surface area (Å²) in [6.45, 7) is 0. The average molecular weight is 955 g/mol. The van der Waals surface area contributed by atoms with Crippen molar-refractivity contribution in [3.8, 4) is 61.3 Å². The summed E-state index contributed by atoms with van der Waals surface area (Å²) in [5.74, 6) is 0. The molecule has 2 heteroatoms. The molecule has 0 radical (unpaired) electrons.